The summed E-state index contributed by atoms with van der Waals surface area (Å²) in [6.07, 6.45) is 14.2. The van der Waals surface area contributed by atoms with Gasteiger partial charge in [-0.3, -0.25) is 0 Å². The average Bonchev–Trinajstić information content (AvgIpc) is 2.78. The molecule has 0 aliphatic rings. The zero-order valence-corrected chi connectivity index (χ0v) is 20.4. The molecule has 0 atom stereocenters. The van der Waals surface area contributed by atoms with Gasteiger partial charge in [0, 0.05) is 10.8 Å². The molecule has 0 aliphatic carbocycles. The van der Waals surface area contributed by atoms with Crippen LogP contribution in [0.1, 0.15) is 107 Å². The summed E-state index contributed by atoms with van der Waals surface area (Å²) in [5, 5.41) is 11.7. The van der Waals surface area contributed by atoms with E-state index in [1.807, 2.05) is 25.1 Å². The molecular formula is C28H42O4. The Labute approximate surface area is 194 Å². The molecule has 0 aromatic heterocycles. The third-order valence-electron chi connectivity index (χ3n) is 6.01. The van der Waals surface area contributed by atoms with Crippen LogP contribution in [0.5, 0.6) is 11.5 Å². The van der Waals surface area contributed by atoms with Gasteiger partial charge >= 0.3 is 5.97 Å². The predicted octanol–water partition coefficient (Wildman–Crippen LogP) is 8.33. The number of aryl methyl sites for hydroxylation is 1. The van der Waals surface area contributed by atoms with Crippen LogP contribution in [0.3, 0.4) is 0 Å². The van der Waals surface area contributed by atoms with Gasteiger partial charge in [-0.05, 0) is 31.4 Å². The zero-order chi connectivity index (χ0) is 23.2. The molecule has 2 rings (SSSR count). The lowest BCUT2D eigenvalue weighted by atomic mass is 10.00. The number of benzene rings is 2. The Kier molecular flexibility index (Phi) is 12.0. The van der Waals surface area contributed by atoms with E-state index in [2.05, 4.69) is 13.8 Å². The summed E-state index contributed by atoms with van der Waals surface area (Å²) in [4.78, 5) is 12.1. The van der Waals surface area contributed by atoms with Crippen LogP contribution in [-0.2, 0) is 0 Å². The summed E-state index contributed by atoms with van der Waals surface area (Å²) in [5.41, 5.74) is 1.26. The summed E-state index contributed by atoms with van der Waals surface area (Å²) in [7, 11) is 0. The van der Waals surface area contributed by atoms with Crippen LogP contribution in [0.2, 0.25) is 0 Å². The maximum absolute atomic E-state index is 12.1. The van der Waals surface area contributed by atoms with E-state index in [0.29, 0.717) is 24.7 Å². The highest BCUT2D eigenvalue weighted by Crippen LogP contribution is 2.39. The van der Waals surface area contributed by atoms with Crippen LogP contribution in [0.25, 0.3) is 10.8 Å². The van der Waals surface area contributed by atoms with Crippen molar-refractivity contribution >= 4 is 16.7 Å². The zero-order valence-electron chi connectivity index (χ0n) is 20.4. The molecule has 0 spiro atoms. The number of fused-ring (bicyclic) bond motifs is 1. The first-order valence-corrected chi connectivity index (χ1v) is 12.6. The fourth-order valence-corrected chi connectivity index (χ4v) is 4.15. The SMILES string of the molecule is CCCCCCCCOc1c(C(=O)O)cc(OCCCCCCCC)c2c(C)cccc12. The lowest BCUT2D eigenvalue weighted by Gasteiger charge is -2.17. The van der Waals surface area contributed by atoms with Crippen molar-refractivity contribution in [3.63, 3.8) is 0 Å². The second-order valence-corrected chi connectivity index (χ2v) is 8.79. The number of aromatic carboxylic acids is 1. The van der Waals surface area contributed by atoms with Gasteiger partial charge in [0.2, 0.25) is 0 Å². The minimum absolute atomic E-state index is 0.187. The number of unbranched alkanes of at least 4 members (excludes halogenated alkanes) is 10. The molecule has 0 heterocycles. The Morgan fingerprint density at radius 3 is 1.97 bits per heavy atom. The maximum atomic E-state index is 12.1. The molecule has 2 aromatic rings. The molecule has 178 valence electrons. The Balaban J connectivity index is 2.12. The molecule has 0 saturated carbocycles. The Bertz CT molecular complexity index is 828. The first-order valence-electron chi connectivity index (χ1n) is 12.6. The number of carboxylic acids is 1. The molecule has 0 aliphatic heterocycles. The molecule has 1 N–H and O–H groups in total. The second-order valence-electron chi connectivity index (χ2n) is 8.79. The summed E-state index contributed by atoms with van der Waals surface area (Å²) >= 11 is 0. The van der Waals surface area contributed by atoms with Crippen LogP contribution >= 0.6 is 0 Å². The molecule has 0 amide bonds. The van der Waals surface area contributed by atoms with Crippen molar-refractivity contribution in [3.05, 3.63) is 35.4 Å². The minimum Gasteiger partial charge on any atom is -0.493 e. The predicted molar refractivity (Wildman–Crippen MR) is 133 cm³/mol. The Hall–Kier alpha value is -2.23. The Morgan fingerprint density at radius 2 is 1.38 bits per heavy atom. The summed E-state index contributed by atoms with van der Waals surface area (Å²) < 4.78 is 12.2. The van der Waals surface area contributed by atoms with Crippen LogP contribution in [0.15, 0.2) is 24.3 Å². The molecule has 4 heteroatoms. The first-order chi connectivity index (χ1) is 15.6. The van der Waals surface area contributed by atoms with Crippen molar-refractivity contribution in [1.82, 2.24) is 0 Å². The molecule has 0 unspecified atom stereocenters. The van der Waals surface area contributed by atoms with E-state index in [0.717, 1.165) is 42.0 Å². The highest BCUT2D eigenvalue weighted by molar-refractivity contribution is 6.04. The molecular weight excluding hydrogens is 400 g/mol. The lowest BCUT2D eigenvalue weighted by Crippen LogP contribution is -2.08. The van der Waals surface area contributed by atoms with Crippen LogP contribution in [0, 0.1) is 6.92 Å². The van der Waals surface area contributed by atoms with Gasteiger partial charge in [-0.25, -0.2) is 4.79 Å². The van der Waals surface area contributed by atoms with Gasteiger partial charge in [0.05, 0.1) is 13.2 Å². The average molecular weight is 443 g/mol. The van der Waals surface area contributed by atoms with Gasteiger partial charge < -0.3 is 14.6 Å². The van der Waals surface area contributed by atoms with Gasteiger partial charge in [0.15, 0.2) is 0 Å². The molecule has 0 saturated heterocycles. The number of hydrogen-bond acceptors (Lipinski definition) is 3. The van der Waals surface area contributed by atoms with Crippen molar-refractivity contribution in [1.29, 1.82) is 0 Å². The number of ether oxygens (including phenoxy) is 2. The van der Waals surface area contributed by atoms with Crippen molar-refractivity contribution < 1.29 is 19.4 Å². The summed E-state index contributed by atoms with van der Waals surface area (Å²) in [6, 6.07) is 7.60. The van der Waals surface area contributed by atoms with E-state index in [4.69, 9.17) is 9.47 Å². The number of hydrogen-bond donors (Lipinski definition) is 1. The van der Waals surface area contributed by atoms with E-state index >= 15 is 0 Å². The fourth-order valence-electron chi connectivity index (χ4n) is 4.15. The normalized spacial score (nSPS) is 11.1. The molecule has 0 bridgehead atoms. The maximum Gasteiger partial charge on any atom is 0.339 e. The van der Waals surface area contributed by atoms with Crippen molar-refractivity contribution in [2.75, 3.05) is 13.2 Å². The van der Waals surface area contributed by atoms with Gasteiger partial charge in [-0.1, -0.05) is 96.3 Å². The Morgan fingerprint density at radius 1 is 0.812 bits per heavy atom. The second kappa shape index (κ2) is 14.8. The molecule has 2 aromatic carbocycles. The largest absolute Gasteiger partial charge is 0.493 e. The van der Waals surface area contributed by atoms with Gasteiger partial charge in [0.1, 0.15) is 17.1 Å². The van der Waals surface area contributed by atoms with Gasteiger partial charge in [-0.2, -0.15) is 0 Å². The lowest BCUT2D eigenvalue weighted by molar-refractivity contribution is 0.0692. The highest BCUT2D eigenvalue weighted by atomic mass is 16.5. The van der Waals surface area contributed by atoms with Crippen molar-refractivity contribution in [2.24, 2.45) is 0 Å². The van der Waals surface area contributed by atoms with E-state index in [9.17, 15) is 9.90 Å². The number of carbonyl (C=O) groups is 1. The van der Waals surface area contributed by atoms with Crippen LogP contribution < -0.4 is 9.47 Å². The first kappa shape index (κ1) is 26.0. The molecule has 0 fully saturated rings. The molecule has 0 radical (unpaired) electrons. The highest BCUT2D eigenvalue weighted by Gasteiger charge is 2.20. The van der Waals surface area contributed by atoms with Gasteiger partial charge in [0.25, 0.3) is 0 Å². The van der Waals surface area contributed by atoms with E-state index < -0.39 is 5.97 Å². The quantitative estimate of drug-likeness (QED) is 0.250. The van der Waals surface area contributed by atoms with Crippen LogP contribution in [-0.4, -0.2) is 24.3 Å². The molecule has 32 heavy (non-hydrogen) atoms. The summed E-state index contributed by atoms with van der Waals surface area (Å²) in [6.45, 7) is 7.61. The topological polar surface area (TPSA) is 55.8 Å². The van der Waals surface area contributed by atoms with Crippen molar-refractivity contribution in [3.8, 4) is 11.5 Å². The monoisotopic (exact) mass is 442 g/mol. The standard InChI is InChI=1S/C28H42O4/c1-4-6-8-10-12-14-19-31-25-21-24(28(29)30)27(23-18-16-17-22(3)26(23)25)32-20-15-13-11-9-7-5-2/h16-18,21H,4-15,19-20H2,1-3H3,(H,29,30). The van der Waals surface area contributed by atoms with Gasteiger partial charge in [-0.15, -0.1) is 0 Å². The molecule has 4 nitrogen and oxygen atoms in total. The summed E-state index contributed by atoms with van der Waals surface area (Å²) in [5.74, 6) is 0.142. The van der Waals surface area contributed by atoms with E-state index in [1.54, 1.807) is 6.07 Å². The number of carboxylic acid groups (broad SMARTS) is 1. The third-order valence-corrected chi connectivity index (χ3v) is 6.01. The smallest absolute Gasteiger partial charge is 0.339 e. The van der Waals surface area contributed by atoms with Crippen LogP contribution in [0.4, 0.5) is 0 Å². The fraction of sp³-hybridized carbons (Fsp3) is 0.607. The van der Waals surface area contributed by atoms with E-state index in [1.165, 1.54) is 51.4 Å². The third kappa shape index (κ3) is 8.03. The number of rotatable bonds is 17. The van der Waals surface area contributed by atoms with E-state index in [-0.39, 0.29) is 5.56 Å². The minimum atomic E-state index is -0.976. The van der Waals surface area contributed by atoms with Crippen molar-refractivity contribution in [2.45, 2.75) is 97.8 Å².